The van der Waals surface area contributed by atoms with Gasteiger partial charge in [-0.3, -0.25) is 4.79 Å². The summed E-state index contributed by atoms with van der Waals surface area (Å²) in [6.07, 6.45) is 0. The second kappa shape index (κ2) is 9.24. The minimum atomic E-state index is -0.992. The first-order valence-corrected chi connectivity index (χ1v) is 11.1. The highest BCUT2D eigenvalue weighted by atomic mass is 32.2. The molecule has 0 spiro atoms. The number of pyridine rings is 1. The number of aromatic nitrogens is 1. The number of carbonyl (C=O) groups excluding carboxylic acids is 1. The van der Waals surface area contributed by atoms with E-state index in [-0.39, 0.29) is 16.7 Å². The molecule has 1 amide bonds. The number of thioether (sulfide) groups is 1. The largest absolute Gasteiger partial charge is 0.478 e. The number of fused-ring (bicyclic) bond motifs is 1. The van der Waals surface area contributed by atoms with E-state index in [1.807, 2.05) is 56.3 Å². The van der Waals surface area contributed by atoms with Gasteiger partial charge in [-0.2, -0.15) is 0 Å². The van der Waals surface area contributed by atoms with E-state index in [9.17, 15) is 14.7 Å². The van der Waals surface area contributed by atoms with Crippen molar-refractivity contribution in [3.63, 3.8) is 0 Å². The van der Waals surface area contributed by atoms with E-state index in [1.54, 1.807) is 36.4 Å². The smallest absolute Gasteiger partial charge is 0.336 e. The van der Waals surface area contributed by atoms with Crippen LogP contribution in [0.15, 0.2) is 83.8 Å². The lowest BCUT2D eigenvalue weighted by molar-refractivity contribution is -0.115. The zero-order valence-corrected chi connectivity index (χ0v) is 18.5. The summed E-state index contributed by atoms with van der Waals surface area (Å²) in [4.78, 5) is 30.0. The predicted octanol–water partition coefficient (Wildman–Crippen LogP) is 6.03. The number of carbonyl (C=O) groups is 2. The molecule has 0 fully saturated rings. The summed E-state index contributed by atoms with van der Waals surface area (Å²) in [5.41, 5.74) is 4.05. The number of rotatable bonds is 6. The molecule has 0 radical (unpaired) electrons. The van der Waals surface area contributed by atoms with Crippen molar-refractivity contribution in [2.75, 3.05) is 5.32 Å². The lowest BCUT2D eigenvalue weighted by atomic mass is 10.0. The molecule has 0 aliphatic carbocycles. The average Bonchev–Trinajstić information content (AvgIpc) is 2.80. The number of carboxylic acids is 1. The summed E-state index contributed by atoms with van der Waals surface area (Å²) in [5, 5.41) is 12.9. The molecule has 1 heterocycles. The minimum Gasteiger partial charge on any atom is -0.478 e. The number of para-hydroxylation sites is 1. The standard InChI is InChI=1S/C26H22N2O3S/c1-16-7-13-20(14-8-16)32-17(2)25(29)27-19-11-9-18(10-12-19)24-15-22(26(30)31)21-5-3-4-6-23(21)28-24/h3-15,17H,1-2H3,(H,27,29)(H,30,31). The van der Waals surface area contributed by atoms with Gasteiger partial charge in [-0.15, -0.1) is 11.8 Å². The molecule has 160 valence electrons. The van der Waals surface area contributed by atoms with Crippen LogP contribution in [0.4, 0.5) is 5.69 Å². The van der Waals surface area contributed by atoms with Gasteiger partial charge in [0.2, 0.25) is 5.91 Å². The number of nitrogens with one attached hydrogen (secondary N) is 1. The van der Waals surface area contributed by atoms with Crippen LogP contribution in [-0.4, -0.2) is 27.2 Å². The predicted molar refractivity (Wildman–Crippen MR) is 129 cm³/mol. The Labute approximate surface area is 190 Å². The number of anilines is 1. The summed E-state index contributed by atoms with van der Waals surface area (Å²) in [6, 6.07) is 24.1. The number of hydrogen-bond acceptors (Lipinski definition) is 4. The molecule has 0 saturated heterocycles. The summed E-state index contributed by atoms with van der Waals surface area (Å²) >= 11 is 1.51. The maximum absolute atomic E-state index is 12.6. The normalized spacial score (nSPS) is 11.8. The maximum atomic E-state index is 12.6. The molecule has 1 atom stereocenters. The first-order chi connectivity index (χ1) is 15.4. The molecule has 1 aromatic heterocycles. The topological polar surface area (TPSA) is 79.3 Å². The van der Waals surface area contributed by atoms with Gasteiger partial charge in [0.25, 0.3) is 0 Å². The number of aromatic carboxylic acids is 1. The van der Waals surface area contributed by atoms with Crippen LogP contribution < -0.4 is 5.32 Å². The van der Waals surface area contributed by atoms with Crippen molar-refractivity contribution >= 4 is 40.2 Å². The maximum Gasteiger partial charge on any atom is 0.336 e. The Balaban J connectivity index is 1.50. The fourth-order valence-electron chi connectivity index (χ4n) is 3.34. The molecular formula is C26H22N2O3S. The van der Waals surface area contributed by atoms with Crippen LogP contribution in [0.1, 0.15) is 22.8 Å². The number of aryl methyl sites for hydroxylation is 1. The number of carboxylic acid groups (broad SMARTS) is 1. The molecule has 32 heavy (non-hydrogen) atoms. The molecule has 3 aromatic carbocycles. The third kappa shape index (κ3) is 4.81. The highest BCUT2D eigenvalue weighted by Crippen LogP contribution is 2.27. The van der Waals surface area contributed by atoms with E-state index < -0.39 is 5.97 Å². The van der Waals surface area contributed by atoms with Crippen molar-refractivity contribution in [2.45, 2.75) is 24.0 Å². The molecular weight excluding hydrogens is 420 g/mol. The summed E-state index contributed by atoms with van der Waals surface area (Å²) < 4.78 is 0. The van der Waals surface area contributed by atoms with E-state index in [0.717, 1.165) is 10.5 Å². The fourth-order valence-corrected chi connectivity index (χ4v) is 4.21. The Kier molecular flexibility index (Phi) is 6.23. The van der Waals surface area contributed by atoms with Crippen molar-refractivity contribution in [1.82, 2.24) is 4.98 Å². The lowest BCUT2D eigenvalue weighted by Crippen LogP contribution is -2.22. The Morgan fingerprint density at radius 2 is 1.66 bits per heavy atom. The molecule has 0 saturated carbocycles. The quantitative estimate of drug-likeness (QED) is 0.357. The minimum absolute atomic E-state index is 0.0830. The summed E-state index contributed by atoms with van der Waals surface area (Å²) in [5.74, 6) is -1.07. The zero-order chi connectivity index (χ0) is 22.7. The van der Waals surface area contributed by atoms with Crippen LogP contribution in [0, 0.1) is 6.92 Å². The highest BCUT2D eigenvalue weighted by molar-refractivity contribution is 8.00. The van der Waals surface area contributed by atoms with Crippen LogP contribution in [0.25, 0.3) is 22.2 Å². The van der Waals surface area contributed by atoms with Crippen LogP contribution in [0.3, 0.4) is 0 Å². The third-order valence-corrected chi connectivity index (χ3v) is 6.21. The molecule has 5 nitrogen and oxygen atoms in total. The third-order valence-electron chi connectivity index (χ3n) is 5.10. The van der Waals surface area contributed by atoms with Gasteiger partial charge in [0.15, 0.2) is 0 Å². The summed E-state index contributed by atoms with van der Waals surface area (Å²) in [6.45, 7) is 3.91. The van der Waals surface area contributed by atoms with Gasteiger partial charge in [-0.1, -0.05) is 48.0 Å². The van der Waals surface area contributed by atoms with Crippen molar-refractivity contribution in [1.29, 1.82) is 0 Å². The van der Waals surface area contributed by atoms with Crippen LogP contribution in [0.5, 0.6) is 0 Å². The van der Waals surface area contributed by atoms with Gasteiger partial charge < -0.3 is 10.4 Å². The Morgan fingerprint density at radius 3 is 2.34 bits per heavy atom. The zero-order valence-electron chi connectivity index (χ0n) is 17.7. The number of nitrogens with zero attached hydrogens (tertiary/aromatic N) is 1. The molecule has 4 rings (SSSR count). The van der Waals surface area contributed by atoms with E-state index in [1.165, 1.54) is 17.3 Å². The first kappa shape index (κ1) is 21.6. The molecule has 1 unspecified atom stereocenters. The SMILES string of the molecule is Cc1ccc(SC(C)C(=O)Nc2ccc(-c3cc(C(=O)O)c4ccccc4n3)cc2)cc1. The van der Waals surface area contributed by atoms with Crippen molar-refractivity contribution in [2.24, 2.45) is 0 Å². The average molecular weight is 443 g/mol. The van der Waals surface area contributed by atoms with E-state index >= 15 is 0 Å². The number of benzene rings is 3. The van der Waals surface area contributed by atoms with E-state index in [4.69, 9.17) is 0 Å². The summed E-state index contributed by atoms with van der Waals surface area (Å²) in [7, 11) is 0. The van der Waals surface area contributed by atoms with Crippen LogP contribution in [0.2, 0.25) is 0 Å². The van der Waals surface area contributed by atoms with Crippen molar-refractivity contribution in [3.05, 3.63) is 90.0 Å². The van der Waals surface area contributed by atoms with Crippen molar-refractivity contribution < 1.29 is 14.7 Å². The highest BCUT2D eigenvalue weighted by Gasteiger charge is 2.16. The second-order valence-electron chi connectivity index (χ2n) is 7.52. The molecule has 6 heteroatoms. The van der Waals surface area contributed by atoms with Gasteiger partial charge in [-0.05, 0) is 50.2 Å². The van der Waals surface area contributed by atoms with Gasteiger partial charge in [0.1, 0.15) is 0 Å². The van der Waals surface area contributed by atoms with Gasteiger partial charge in [0.05, 0.1) is 22.0 Å². The number of hydrogen-bond donors (Lipinski definition) is 2. The molecule has 2 N–H and O–H groups in total. The van der Waals surface area contributed by atoms with E-state index in [2.05, 4.69) is 10.3 Å². The van der Waals surface area contributed by atoms with Gasteiger partial charge in [0, 0.05) is 21.5 Å². The van der Waals surface area contributed by atoms with Crippen molar-refractivity contribution in [3.8, 4) is 11.3 Å². The monoisotopic (exact) mass is 442 g/mol. The fraction of sp³-hybridized carbons (Fsp3) is 0.115. The Morgan fingerprint density at radius 1 is 0.969 bits per heavy atom. The first-order valence-electron chi connectivity index (χ1n) is 10.2. The van der Waals surface area contributed by atoms with Gasteiger partial charge >= 0.3 is 5.97 Å². The van der Waals surface area contributed by atoms with Gasteiger partial charge in [-0.25, -0.2) is 9.78 Å². The lowest BCUT2D eigenvalue weighted by Gasteiger charge is -2.13. The van der Waals surface area contributed by atoms with Crippen LogP contribution >= 0.6 is 11.8 Å². The Hall–Kier alpha value is -3.64. The van der Waals surface area contributed by atoms with E-state index in [0.29, 0.717) is 22.3 Å². The Bertz CT molecular complexity index is 1280. The molecule has 0 aliphatic rings. The molecule has 0 aliphatic heterocycles. The second-order valence-corrected chi connectivity index (χ2v) is 8.93. The molecule has 0 bridgehead atoms. The molecule has 4 aromatic rings. The van der Waals surface area contributed by atoms with Crippen LogP contribution in [-0.2, 0) is 4.79 Å². The number of amides is 1.